The molecular formula is C15H18N2O2. The Labute approximate surface area is 112 Å². The lowest BCUT2D eigenvalue weighted by atomic mass is 10.0. The summed E-state index contributed by atoms with van der Waals surface area (Å²) in [5, 5.41) is 0. The van der Waals surface area contributed by atoms with Gasteiger partial charge < -0.3 is 4.74 Å². The van der Waals surface area contributed by atoms with Gasteiger partial charge in [-0.05, 0) is 30.5 Å². The van der Waals surface area contributed by atoms with Crippen molar-refractivity contribution in [2.45, 2.75) is 20.3 Å². The summed E-state index contributed by atoms with van der Waals surface area (Å²) >= 11 is 0. The van der Waals surface area contributed by atoms with Crippen molar-refractivity contribution in [3.63, 3.8) is 0 Å². The van der Waals surface area contributed by atoms with Crippen LogP contribution in [0.25, 0.3) is 5.82 Å². The second-order valence-corrected chi connectivity index (χ2v) is 4.86. The zero-order chi connectivity index (χ0) is 13.8. The van der Waals surface area contributed by atoms with Gasteiger partial charge in [-0.25, -0.2) is 4.98 Å². The van der Waals surface area contributed by atoms with Gasteiger partial charge in [0.1, 0.15) is 11.6 Å². The largest absolute Gasteiger partial charge is 0.495 e. The van der Waals surface area contributed by atoms with Gasteiger partial charge >= 0.3 is 0 Å². The molecule has 4 heteroatoms. The van der Waals surface area contributed by atoms with Crippen molar-refractivity contribution in [2.75, 3.05) is 7.11 Å². The molecule has 0 aliphatic rings. The van der Waals surface area contributed by atoms with Crippen LogP contribution in [0.15, 0.2) is 41.5 Å². The Morgan fingerprint density at radius 1 is 1.32 bits per heavy atom. The highest BCUT2D eigenvalue weighted by molar-refractivity contribution is 5.30. The second kappa shape index (κ2) is 5.69. The summed E-state index contributed by atoms with van der Waals surface area (Å²) in [6, 6.07) is 7.33. The molecule has 4 nitrogen and oxygen atoms in total. The van der Waals surface area contributed by atoms with Gasteiger partial charge in [-0.2, -0.15) is 0 Å². The smallest absolute Gasteiger partial charge is 0.259 e. The molecule has 0 aromatic carbocycles. The first-order chi connectivity index (χ1) is 9.11. The summed E-state index contributed by atoms with van der Waals surface area (Å²) in [5.41, 5.74) is 0.809. The summed E-state index contributed by atoms with van der Waals surface area (Å²) in [6.07, 6.45) is 4.12. The average molecular weight is 258 g/mol. The minimum atomic E-state index is -0.00568. The number of nitrogens with zero attached hydrogens (tertiary/aromatic N) is 2. The molecule has 0 aliphatic heterocycles. The second-order valence-electron chi connectivity index (χ2n) is 4.86. The number of pyridine rings is 2. The molecule has 0 aliphatic carbocycles. The quantitative estimate of drug-likeness (QED) is 0.846. The Morgan fingerprint density at radius 2 is 2.11 bits per heavy atom. The fourth-order valence-electron chi connectivity index (χ4n) is 1.95. The predicted molar refractivity (Wildman–Crippen MR) is 74.9 cm³/mol. The van der Waals surface area contributed by atoms with Crippen LogP contribution in [-0.4, -0.2) is 16.7 Å². The maximum absolute atomic E-state index is 12.4. The van der Waals surface area contributed by atoms with Crippen molar-refractivity contribution < 1.29 is 4.74 Å². The van der Waals surface area contributed by atoms with Crippen LogP contribution in [0, 0.1) is 5.92 Å². The highest BCUT2D eigenvalue weighted by atomic mass is 16.5. The Bertz CT molecular complexity index is 600. The van der Waals surface area contributed by atoms with Crippen molar-refractivity contribution in [1.29, 1.82) is 0 Å². The Morgan fingerprint density at radius 3 is 2.68 bits per heavy atom. The van der Waals surface area contributed by atoms with Gasteiger partial charge in [0.15, 0.2) is 0 Å². The molecule has 0 saturated heterocycles. The first-order valence-corrected chi connectivity index (χ1v) is 6.32. The monoisotopic (exact) mass is 258 g/mol. The summed E-state index contributed by atoms with van der Waals surface area (Å²) in [5.74, 6) is 1.74. The maximum Gasteiger partial charge on any atom is 0.259 e. The molecule has 2 aromatic rings. The van der Waals surface area contributed by atoms with Gasteiger partial charge in [0.25, 0.3) is 5.56 Å². The van der Waals surface area contributed by atoms with E-state index in [2.05, 4.69) is 18.8 Å². The van der Waals surface area contributed by atoms with Crippen LogP contribution in [0.5, 0.6) is 5.75 Å². The predicted octanol–water partition coefficient (Wildman–Crippen LogP) is 2.44. The SMILES string of the molecule is COc1ccc(-n2cccc(CC(C)C)c2=O)nc1. The third kappa shape index (κ3) is 3.02. The number of methoxy groups -OCH3 is 1. The fraction of sp³-hybridized carbons (Fsp3) is 0.333. The van der Waals surface area contributed by atoms with Crippen LogP contribution >= 0.6 is 0 Å². The molecule has 2 aromatic heterocycles. The summed E-state index contributed by atoms with van der Waals surface area (Å²) < 4.78 is 6.63. The molecule has 0 spiro atoms. The molecule has 0 saturated carbocycles. The molecule has 0 bridgehead atoms. The lowest BCUT2D eigenvalue weighted by molar-refractivity contribution is 0.412. The Kier molecular flexibility index (Phi) is 4.00. The maximum atomic E-state index is 12.4. The normalized spacial score (nSPS) is 10.7. The molecule has 0 amide bonds. The number of hydrogen-bond donors (Lipinski definition) is 0. The molecule has 0 radical (unpaired) electrons. The van der Waals surface area contributed by atoms with E-state index in [9.17, 15) is 4.79 Å². The van der Waals surface area contributed by atoms with Crippen molar-refractivity contribution >= 4 is 0 Å². The van der Waals surface area contributed by atoms with Crippen LogP contribution in [0.2, 0.25) is 0 Å². The molecule has 0 atom stereocenters. The van der Waals surface area contributed by atoms with E-state index >= 15 is 0 Å². The zero-order valence-corrected chi connectivity index (χ0v) is 11.5. The van der Waals surface area contributed by atoms with Gasteiger partial charge in [-0.1, -0.05) is 19.9 Å². The van der Waals surface area contributed by atoms with Crippen molar-refractivity contribution in [3.8, 4) is 11.6 Å². The van der Waals surface area contributed by atoms with E-state index < -0.39 is 0 Å². The molecule has 2 heterocycles. The van der Waals surface area contributed by atoms with Crippen LogP contribution in [0.4, 0.5) is 0 Å². The van der Waals surface area contributed by atoms with Crippen LogP contribution in [0.3, 0.4) is 0 Å². The van der Waals surface area contributed by atoms with E-state index in [-0.39, 0.29) is 5.56 Å². The van der Waals surface area contributed by atoms with E-state index in [1.54, 1.807) is 36.2 Å². The fourth-order valence-corrected chi connectivity index (χ4v) is 1.95. The van der Waals surface area contributed by atoms with Gasteiger partial charge in [-0.15, -0.1) is 0 Å². The Hall–Kier alpha value is -2.10. The third-order valence-electron chi connectivity index (χ3n) is 2.86. The third-order valence-corrected chi connectivity index (χ3v) is 2.86. The van der Waals surface area contributed by atoms with Crippen LogP contribution < -0.4 is 10.3 Å². The topological polar surface area (TPSA) is 44.1 Å². The number of ether oxygens (including phenoxy) is 1. The molecule has 19 heavy (non-hydrogen) atoms. The zero-order valence-electron chi connectivity index (χ0n) is 11.5. The van der Waals surface area contributed by atoms with Gasteiger partial charge in [0.2, 0.25) is 0 Å². The summed E-state index contributed by atoms with van der Waals surface area (Å²) in [6.45, 7) is 4.20. The lowest BCUT2D eigenvalue weighted by Crippen LogP contribution is -2.23. The van der Waals surface area contributed by atoms with Gasteiger partial charge in [0, 0.05) is 11.8 Å². The minimum Gasteiger partial charge on any atom is -0.495 e. The van der Waals surface area contributed by atoms with E-state index in [0.717, 1.165) is 12.0 Å². The lowest BCUT2D eigenvalue weighted by Gasteiger charge is -2.09. The van der Waals surface area contributed by atoms with Crippen LogP contribution in [-0.2, 0) is 6.42 Å². The molecule has 0 fully saturated rings. The minimum absolute atomic E-state index is 0.00568. The van der Waals surface area contributed by atoms with E-state index in [0.29, 0.717) is 17.5 Å². The highest BCUT2D eigenvalue weighted by Crippen LogP contribution is 2.11. The molecule has 100 valence electrons. The van der Waals surface area contributed by atoms with E-state index in [1.807, 2.05) is 12.1 Å². The molecule has 0 unspecified atom stereocenters. The molecular weight excluding hydrogens is 240 g/mol. The number of hydrogen-bond acceptors (Lipinski definition) is 3. The highest BCUT2D eigenvalue weighted by Gasteiger charge is 2.07. The van der Waals surface area contributed by atoms with Crippen molar-refractivity contribution in [1.82, 2.24) is 9.55 Å². The van der Waals surface area contributed by atoms with Crippen molar-refractivity contribution in [3.05, 3.63) is 52.6 Å². The van der Waals surface area contributed by atoms with Crippen molar-refractivity contribution in [2.24, 2.45) is 5.92 Å². The van der Waals surface area contributed by atoms with Crippen LogP contribution in [0.1, 0.15) is 19.4 Å². The summed E-state index contributed by atoms with van der Waals surface area (Å²) in [4.78, 5) is 16.6. The summed E-state index contributed by atoms with van der Waals surface area (Å²) in [7, 11) is 1.59. The Balaban J connectivity index is 2.41. The number of aromatic nitrogens is 2. The van der Waals surface area contributed by atoms with Gasteiger partial charge in [0.05, 0.1) is 13.3 Å². The average Bonchev–Trinajstić information content (AvgIpc) is 2.41. The first-order valence-electron chi connectivity index (χ1n) is 6.32. The van der Waals surface area contributed by atoms with E-state index in [1.165, 1.54) is 0 Å². The first kappa shape index (κ1) is 13.3. The number of rotatable bonds is 4. The van der Waals surface area contributed by atoms with E-state index in [4.69, 9.17) is 4.74 Å². The standard InChI is InChI=1S/C15H18N2O2/c1-11(2)9-12-5-4-8-17(15(12)18)14-7-6-13(19-3)10-16-14/h4-8,10-11H,9H2,1-3H3. The molecule has 2 rings (SSSR count). The molecule has 0 N–H and O–H groups in total. The van der Waals surface area contributed by atoms with Gasteiger partial charge in [-0.3, -0.25) is 9.36 Å².